The highest BCUT2D eigenvalue weighted by molar-refractivity contribution is 6.03. The molecule has 0 atom stereocenters. The molecule has 0 radical (unpaired) electrons. The zero-order valence-electron chi connectivity index (χ0n) is 23.2. The predicted octanol–water partition coefficient (Wildman–Crippen LogP) is 8.09. The lowest BCUT2D eigenvalue weighted by Crippen LogP contribution is -2.06. The van der Waals surface area contributed by atoms with Crippen molar-refractivity contribution in [1.29, 1.82) is 0 Å². The molecule has 0 spiro atoms. The minimum atomic E-state index is 0.396. The average molecular weight is 504 g/mol. The van der Waals surface area contributed by atoms with E-state index in [1.165, 1.54) is 0 Å². The Morgan fingerprint density at radius 1 is 0.921 bits per heavy atom. The third kappa shape index (κ3) is 9.75. The van der Waals surface area contributed by atoms with Crippen LogP contribution in [0.15, 0.2) is 113 Å². The van der Waals surface area contributed by atoms with Crippen molar-refractivity contribution in [3.05, 3.63) is 121 Å². The minimum absolute atomic E-state index is 0.396. The highest BCUT2D eigenvalue weighted by Crippen LogP contribution is 2.21. The quantitative estimate of drug-likeness (QED) is 0.125. The number of hydrogen-bond donors (Lipinski definition) is 0. The fourth-order valence-corrected chi connectivity index (χ4v) is 3.02. The molecule has 0 saturated carbocycles. The molecule has 5 nitrogen and oxygen atoms in total. The summed E-state index contributed by atoms with van der Waals surface area (Å²) in [6, 6.07) is 0. The van der Waals surface area contributed by atoms with Gasteiger partial charge in [0.15, 0.2) is 23.3 Å². The maximum absolute atomic E-state index is 5.69. The maximum Gasteiger partial charge on any atom is 0.172 e. The molecule has 194 valence electrons. The van der Waals surface area contributed by atoms with Gasteiger partial charge in [0.25, 0.3) is 0 Å². The first-order chi connectivity index (χ1) is 18.3. The molecule has 0 fully saturated rings. The Morgan fingerprint density at radius 3 is 2.13 bits per heavy atom. The number of amidine groups is 1. The lowest BCUT2D eigenvalue weighted by molar-refractivity contribution is 0.973. The number of aromatic nitrogens is 3. The highest BCUT2D eigenvalue weighted by atomic mass is 15.0. The number of allylic oxidation sites excluding steroid dienone is 14. The van der Waals surface area contributed by atoms with E-state index in [4.69, 9.17) is 6.42 Å². The molecule has 38 heavy (non-hydrogen) atoms. The zero-order valence-corrected chi connectivity index (χ0v) is 23.2. The van der Waals surface area contributed by atoms with Gasteiger partial charge in [-0.1, -0.05) is 87.3 Å². The maximum atomic E-state index is 5.69. The smallest absolute Gasteiger partial charge is 0.172 e. The van der Waals surface area contributed by atoms with Crippen molar-refractivity contribution in [2.45, 2.75) is 41.0 Å². The molecule has 0 saturated heterocycles. The van der Waals surface area contributed by atoms with E-state index in [9.17, 15) is 0 Å². The number of aliphatic imine (C=N–C) groups is 2. The SMILES string of the molecule is C#C/C(=C\C)c1nc(C(=C)/C=C\C=C/CC)nc(C(=C)/C=C(C)/C(/C=C\C(=C)/C(N=C)=N/C=C\C)=C/C)n1. The Kier molecular flexibility index (Phi) is 13.9. The molecule has 1 rings (SSSR count). The standard InChI is InChI=1S/C33H37N5/c1-11-16-17-18-19-24(6)31-36-32(38-33(37-31)28(13-3)14-4)27(9)23-26(8)29(15-5)21-20-25(7)30(34-10)35-22-12-2/h3,12,14-23H,6-7,9-11H2,1-2,4-5,8H3/b17-16-,19-18-,21-20-,22-12-,26-23+,28-14+,29-15+,35-30-. The molecule has 0 aliphatic rings. The van der Waals surface area contributed by atoms with Crippen LogP contribution < -0.4 is 0 Å². The first-order valence-corrected chi connectivity index (χ1v) is 12.2. The average Bonchev–Trinajstić information content (AvgIpc) is 2.92. The van der Waals surface area contributed by atoms with Gasteiger partial charge in [0.05, 0.1) is 5.57 Å². The third-order valence-electron chi connectivity index (χ3n) is 5.08. The van der Waals surface area contributed by atoms with Crippen LogP contribution in [-0.4, -0.2) is 27.5 Å². The summed E-state index contributed by atoms with van der Waals surface area (Å²) in [5.41, 5.74) is 4.37. The molecule has 0 unspecified atom stereocenters. The van der Waals surface area contributed by atoms with Gasteiger partial charge in [0.2, 0.25) is 0 Å². The minimum Gasteiger partial charge on any atom is -0.245 e. The molecule has 5 heteroatoms. The summed E-state index contributed by atoms with van der Waals surface area (Å²) in [7, 11) is 0. The summed E-state index contributed by atoms with van der Waals surface area (Å²) in [6.45, 7) is 25.7. The van der Waals surface area contributed by atoms with Gasteiger partial charge in [-0.2, -0.15) is 0 Å². The van der Waals surface area contributed by atoms with Crippen molar-refractivity contribution >= 4 is 29.3 Å². The van der Waals surface area contributed by atoms with Crippen molar-refractivity contribution in [2.75, 3.05) is 0 Å². The molecule has 0 amide bonds. The van der Waals surface area contributed by atoms with Gasteiger partial charge in [0, 0.05) is 22.9 Å². The monoisotopic (exact) mass is 503 g/mol. The summed E-state index contributed by atoms with van der Waals surface area (Å²) in [4.78, 5) is 21.9. The van der Waals surface area contributed by atoms with Crippen LogP contribution in [0.2, 0.25) is 0 Å². The van der Waals surface area contributed by atoms with Gasteiger partial charge >= 0.3 is 0 Å². The van der Waals surface area contributed by atoms with Gasteiger partial charge in [-0.25, -0.2) is 24.9 Å². The molecular weight excluding hydrogens is 466 g/mol. The normalized spacial score (nSPS) is 13.6. The van der Waals surface area contributed by atoms with Gasteiger partial charge in [-0.3, -0.25) is 0 Å². The molecule has 0 aliphatic carbocycles. The van der Waals surface area contributed by atoms with E-state index in [2.05, 4.69) is 64.2 Å². The Bertz CT molecular complexity index is 1350. The fourth-order valence-electron chi connectivity index (χ4n) is 3.02. The molecule has 0 bridgehead atoms. The second-order valence-corrected chi connectivity index (χ2v) is 7.92. The number of nitrogens with zero attached hydrogens (tertiary/aromatic N) is 5. The first kappa shape index (κ1) is 31.3. The number of hydrogen-bond acceptors (Lipinski definition) is 4. The van der Waals surface area contributed by atoms with Gasteiger partial charge < -0.3 is 0 Å². The van der Waals surface area contributed by atoms with Crippen LogP contribution >= 0.6 is 0 Å². The molecule has 0 N–H and O–H groups in total. The molecule has 0 aliphatic heterocycles. The Morgan fingerprint density at radius 2 is 1.58 bits per heavy atom. The van der Waals surface area contributed by atoms with Crippen molar-refractivity contribution in [2.24, 2.45) is 9.98 Å². The molecule has 1 aromatic rings. The fraction of sp³-hybridized carbons (Fsp3) is 0.182. The summed E-state index contributed by atoms with van der Waals surface area (Å²) in [5, 5.41) is 0. The van der Waals surface area contributed by atoms with Crippen LogP contribution in [0.1, 0.15) is 58.5 Å². The Balaban J connectivity index is 3.41. The highest BCUT2D eigenvalue weighted by Gasteiger charge is 2.12. The first-order valence-electron chi connectivity index (χ1n) is 12.2. The van der Waals surface area contributed by atoms with E-state index in [1.54, 1.807) is 12.3 Å². The van der Waals surface area contributed by atoms with E-state index in [0.29, 0.717) is 45.6 Å². The lowest BCUT2D eigenvalue weighted by Gasteiger charge is -2.09. The van der Waals surface area contributed by atoms with Crippen LogP contribution in [0.25, 0.3) is 16.7 Å². The van der Waals surface area contributed by atoms with Crippen LogP contribution in [-0.2, 0) is 0 Å². The van der Waals surface area contributed by atoms with Crippen molar-refractivity contribution in [1.82, 2.24) is 15.0 Å². The van der Waals surface area contributed by atoms with Crippen LogP contribution in [0, 0.1) is 12.3 Å². The third-order valence-corrected chi connectivity index (χ3v) is 5.08. The van der Waals surface area contributed by atoms with Crippen molar-refractivity contribution in [3.8, 4) is 12.3 Å². The van der Waals surface area contributed by atoms with Crippen molar-refractivity contribution < 1.29 is 0 Å². The van der Waals surface area contributed by atoms with E-state index < -0.39 is 0 Å². The second-order valence-electron chi connectivity index (χ2n) is 7.92. The molecule has 1 heterocycles. The summed E-state index contributed by atoms with van der Waals surface area (Å²) >= 11 is 0. The van der Waals surface area contributed by atoms with E-state index in [-0.39, 0.29) is 0 Å². The van der Waals surface area contributed by atoms with E-state index in [0.717, 1.165) is 17.6 Å². The van der Waals surface area contributed by atoms with E-state index in [1.807, 2.05) is 82.4 Å². The van der Waals surface area contributed by atoms with Gasteiger partial charge in [-0.15, -0.1) is 6.42 Å². The summed E-state index contributed by atoms with van der Waals surface area (Å²) in [6.07, 6.45) is 27.3. The molecule has 1 aromatic heterocycles. The van der Waals surface area contributed by atoms with E-state index >= 15 is 0 Å². The van der Waals surface area contributed by atoms with Crippen LogP contribution in [0.4, 0.5) is 0 Å². The Hall–Kier alpha value is -4.69. The van der Waals surface area contributed by atoms with Crippen LogP contribution in [0.3, 0.4) is 0 Å². The topological polar surface area (TPSA) is 63.4 Å². The second kappa shape index (κ2) is 16.9. The largest absolute Gasteiger partial charge is 0.245 e. The predicted molar refractivity (Wildman–Crippen MR) is 167 cm³/mol. The number of rotatable bonds is 12. The zero-order chi connectivity index (χ0) is 28.5. The number of terminal acetylenes is 1. The lowest BCUT2D eigenvalue weighted by atomic mass is 10.0. The molecule has 0 aromatic carbocycles. The molecular formula is C33H37N5. The summed E-state index contributed by atoms with van der Waals surface area (Å²) < 4.78 is 0. The van der Waals surface area contributed by atoms with Crippen molar-refractivity contribution in [3.63, 3.8) is 0 Å². The summed E-state index contributed by atoms with van der Waals surface area (Å²) in [5.74, 6) is 4.33. The van der Waals surface area contributed by atoms with Crippen LogP contribution in [0.5, 0.6) is 0 Å². The Labute approximate surface area is 228 Å². The van der Waals surface area contributed by atoms with Gasteiger partial charge in [0.1, 0.15) is 0 Å². The van der Waals surface area contributed by atoms with Gasteiger partial charge in [-0.05, 0) is 58.1 Å².